The number of hydrogen-bond acceptors (Lipinski definition) is 3. The molecule has 0 saturated heterocycles. The number of carbonyl (C=O) groups is 1. The van der Waals surface area contributed by atoms with Crippen molar-refractivity contribution in [3.8, 4) is 33.4 Å². The minimum atomic E-state index is -0.994. The molecule has 0 atom stereocenters. The van der Waals surface area contributed by atoms with Gasteiger partial charge >= 0.3 is 5.97 Å². The van der Waals surface area contributed by atoms with Gasteiger partial charge in [0.15, 0.2) is 0 Å². The summed E-state index contributed by atoms with van der Waals surface area (Å²) in [6.45, 7) is 0. The van der Waals surface area contributed by atoms with E-state index in [1.54, 1.807) is 24.8 Å². The van der Waals surface area contributed by atoms with Gasteiger partial charge in [-0.25, -0.2) is 4.79 Å². The Morgan fingerprint density at radius 1 is 0.800 bits per heavy atom. The lowest BCUT2D eigenvalue weighted by Gasteiger charge is -2.13. The molecule has 0 bridgehead atoms. The highest BCUT2D eigenvalue weighted by molar-refractivity contribution is 6.04. The van der Waals surface area contributed by atoms with E-state index in [9.17, 15) is 9.90 Å². The second-order valence-electron chi connectivity index (χ2n) is 5.59. The molecule has 0 fully saturated rings. The summed E-state index contributed by atoms with van der Waals surface area (Å²) in [6, 6.07) is 13.6. The first-order chi connectivity index (χ1) is 12.2. The number of hydrogen-bond donors (Lipinski definition) is 3. The Labute approximate surface area is 143 Å². The number of nitrogens with one attached hydrogen (secondary N) is 2. The maximum Gasteiger partial charge on any atom is 0.336 e. The molecule has 6 heteroatoms. The van der Waals surface area contributed by atoms with Gasteiger partial charge in [0, 0.05) is 34.6 Å². The van der Waals surface area contributed by atoms with Crippen molar-refractivity contribution in [2.75, 3.05) is 0 Å². The van der Waals surface area contributed by atoms with Crippen LogP contribution in [0.25, 0.3) is 33.4 Å². The van der Waals surface area contributed by atoms with Crippen LogP contribution in [0.5, 0.6) is 0 Å². The highest BCUT2D eigenvalue weighted by Gasteiger charge is 2.21. The maximum absolute atomic E-state index is 12.0. The summed E-state index contributed by atoms with van der Waals surface area (Å²) in [5.74, 6) is -0.994. The largest absolute Gasteiger partial charge is 0.478 e. The lowest BCUT2D eigenvalue weighted by molar-refractivity contribution is 0.0698. The molecule has 3 N–H and O–H groups in total. The number of nitrogens with zero attached hydrogens (tertiary/aromatic N) is 2. The van der Waals surface area contributed by atoms with E-state index in [1.807, 2.05) is 42.5 Å². The second-order valence-corrected chi connectivity index (χ2v) is 5.59. The van der Waals surface area contributed by atoms with Crippen LogP contribution in [0.4, 0.5) is 0 Å². The third-order valence-electron chi connectivity index (χ3n) is 4.08. The van der Waals surface area contributed by atoms with E-state index in [0.29, 0.717) is 11.1 Å². The molecule has 0 saturated carbocycles. The van der Waals surface area contributed by atoms with Gasteiger partial charge in [0.2, 0.25) is 0 Å². The van der Waals surface area contributed by atoms with Crippen LogP contribution in [-0.2, 0) is 0 Å². The number of H-pyrrole nitrogens is 2. The molecular weight excluding hydrogens is 316 g/mol. The van der Waals surface area contributed by atoms with E-state index in [-0.39, 0.29) is 5.56 Å². The molecule has 0 aliphatic carbocycles. The van der Waals surface area contributed by atoms with Crippen molar-refractivity contribution in [1.82, 2.24) is 20.4 Å². The van der Waals surface area contributed by atoms with E-state index in [4.69, 9.17) is 0 Å². The average Bonchev–Trinajstić information content (AvgIpc) is 3.35. The SMILES string of the molecule is O=C(O)c1c(-c2cn[nH]c2)cc(-c2ccccc2)cc1-c1cn[nH]c1. The van der Waals surface area contributed by atoms with Crippen LogP contribution in [-0.4, -0.2) is 31.5 Å². The number of benzene rings is 2. The Kier molecular flexibility index (Phi) is 3.63. The molecule has 0 spiro atoms. The fraction of sp³-hybridized carbons (Fsp3) is 0. The monoisotopic (exact) mass is 330 g/mol. The van der Waals surface area contributed by atoms with Gasteiger partial charge in [-0.15, -0.1) is 0 Å². The molecule has 25 heavy (non-hydrogen) atoms. The number of aromatic nitrogens is 4. The lowest BCUT2D eigenvalue weighted by atomic mass is 9.89. The highest BCUT2D eigenvalue weighted by atomic mass is 16.4. The summed E-state index contributed by atoms with van der Waals surface area (Å²) >= 11 is 0. The number of aromatic carboxylic acids is 1. The van der Waals surface area contributed by atoms with Crippen molar-refractivity contribution in [1.29, 1.82) is 0 Å². The smallest absolute Gasteiger partial charge is 0.336 e. The first kappa shape index (κ1) is 14.9. The first-order valence-corrected chi connectivity index (χ1v) is 7.69. The van der Waals surface area contributed by atoms with Gasteiger partial charge in [0.1, 0.15) is 0 Å². The average molecular weight is 330 g/mol. The van der Waals surface area contributed by atoms with E-state index >= 15 is 0 Å². The Balaban J connectivity index is 2.05. The van der Waals surface area contributed by atoms with Crippen molar-refractivity contribution in [3.63, 3.8) is 0 Å². The molecule has 4 aromatic rings. The van der Waals surface area contributed by atoms with Gasteiger partial charge in [-0.3, -0.25) is 10.2 Å². The number of carboxylic acid groups (broad SMARTS) is 1. The second kappa shape index (κ2) is 6.09. The van der Waals surface area contributed by atoms with Gasteiger partial charge in [0.25, 0.3) is 0 Å². The van der Waals surface area contributed by atoms with Gasteiger partial charge in [-0.05, 0) is 23.3 Å². The molecule has 6 nitrogen and oxygen atoms in total. The first-order valence-electron chi connectivity index (χ1n) is 7.69. The Morgan fingerprint density at radius 3 is 1.80 bits per heavy atom. The normalized spacial score (nSPS) is 10.7. The molecule has 2 heterocycles. The van der Waals surface area contributed by atoms with Crippen LogP contribution in [0, 0.1) is 0 Å². The molecule has 2 aromatic carbocycles. The summed E-state index contributed by atoms with van der Waals surface area (Å²) in [7, 11) is 0. The number of aromatic amines is 2. The fourth-order valence-electron chi connectivity index (χ4n) is 2.92. The molecule has 0 aliphatic heterocycles. The van der Waals surface area contributed by atoms with Crippen LogP contribution < -0.4 is 0 Å². The maximum atomic E-state index is 12.0. The van der Waals surface area contributed by atoms with Crippen LogP contribution in [0.1, 0.15) is 10.4 Å². The molecule has 122 valence electrons. The van der Waals surface area contributed by atoms with Crippen molar-refractivity contribution in [3.05, 3.63) is 72.8 Å². The zero-order valence-corrected chi connectivity index (χ0v) is 13.1. The number of rotatable bonds is 4. The summed E-state index contributed by atoms with van der Waals surface area (Å²) in [5, 5.41) is 23.3. The standard InChI is InChI=1S/C19H14N4O2/c24-19(25)18-16(14-8-20-21-9-14)6-13(12-4-2-1-3-5-12)7-17(18)15-10-22-23-11-15/h1-11H,(H,20,21)(H,22,23)(H,24,25). The Hall–Kier alpha value is -3.67. The van der Waals surface area contributed by atoms with Gasteiger partial charge < -0.3 is 5.11 Å². The molecule has 0 radical (unpaired) electrons. The third-order valence-corrected chi connectivity index (χ3v) is 4.08. The number of carboxylic acids is 1. The lowest BCUT2D eigenvalue weighted by Crippen LogP contribution is -2.03. The Bertz CT molecular complexity index is 952. The molecule has 4 rings (SSSR count). The van der Waals surface area contributed by atoms with Gasteiger partial charge in [-0.2, -0.15) is 10.2 Å². The van der Waals surface area contributed by atoms with E-state index in [2.05, 4.69) is 20.4 Å². The van der Waals surface area contributed by atoms with Crippen LogP contribution in [0.2, 0.25) is 0 Å². The van der Waals surface area contributed by atoms with Crippen molar-refractivity contribution in [2.24, 2.45) is 0 Å². The summed E-state index contributed by atoms with van der Waals surface area (Å²) in [6.07, 6.45) is 6.62. The van der Waals surface area contributed by atoms with Crippen LogP contribution in [0.15, 0.2) is 67.3 Å². The molecule has 0 amide bonds. The van der Waals surface area contributed by atoms with Crippen molar-refractivity contribution in [2.45, 2.75) is 0 Å². The molecule has 0 unspecified atom stereocenters. The van der Waals surface area contributed by atoms with Crippen LogP contribution >= 0.6 is 0 Å². The van der Waals surface area contributed by atoms with Gasteiger partial charge in [-0.1, -0.05) is 30.3 Å². The van der Waals surface area contributed by atoms with Crippen LogP contribution in [0.3, 0.4) is 0 Å². The predicted octanol–water partition coefficient (Wildman–Crippen LogP) is 3.83. The fourth-order valence-corrected chi connectivity index (χ4v) is 2.92. The highest BCUT2D eigenvalue weighted by Crippen LogP contribution is 2.36. The van der Waals surface area contributed by atoms with E-state index < -0.39 is 5.97 Å². The van der Waals surface area contributed by atoms with E-state index in [1.165, 1.54) is 0 Å². The molecule has 0 aliphatic rings. The van der Waals surface area contributed by atoms with Crippen molar-refractivity contribution < 1.29 is 9.90 Å². The van der Waals surface area contributed by atoms with Crippen molar-refractivity contribution >= 4 is 5.97 Å². The minimum absolute atomic E-state index is 0.225. The van der Waals surface area contributed by atoms with Gasteiger partial charge in [0.05, 0.1) is 18.0 Å². The molecule has 2 aromatic heterocycles. The zero-order valence-electron chi connectivity index (χ0n) is 13.1. The zero-order chi connectivity index (χ0) is 17.2. The molecular formula is C19H14N4O2. The summed E-state index contributed by atoms with van der Waals surface area (Å²) in [5.41, 5.74) is 4.83. The Morgan fingerprint density at radius 2 is 1.36 bits per heavy atom. The third kappa shape index (κ3) is 2.70. The quantitative estimate of drug-likeness (QED) is 0.530. The predicted molar refractivity (Wildman–Crippen MR) is 94.0 cm³/mol. The van der Waals surface area contributed by atoms with E-state index in [0.717, 1.165) is 22.3 Å². The summed E-state index contributed by atoms with van der Waals surface area (Å²) in [4.78, 5) is 12.0. The minimum Gasteiger partial charge on any atom is -0.478 e. The summed E-state index contributed by atoms with van der Waals surface area (Å²) < 4.78 is 0. The topological polar surface area (TPSA) is 94.7 Å².